The van der Waals surface area contributed by atoms with Crippen LogP contribution in [0, 0.1) is 23.1 Å². The maximum absolute atomic E-state index is 12.8. The summed E-state index contributed by atoms with van der Waals surface area (Å²) in [6, 6.07) is 6.53. The van der Waals surface area contributed by atoms with Gasteiger partial charge in [-0.1, -0.05) is 24.0 Å². The molecule has 98 valence electrons. The Kier molecular flexibility index (Phi) is 4.53. The van der Waals surface area contributed by atoms with Crippen molar-refractivity contribution in [1.29, 1.82) is 0 Å². The van der Waals surface area contributed by atoms with Crippen molar-refractivity contribution in [3.8, 4) is 11.8 Å². The van der Waals surface area contributed by atoms with Crippen molar-refractivity contribution in [2.45, 2.75) is 46.7 Å². The topological polar surface area (TPSA) is 12.0 Å². The maximum Gasteiger partial charge on any atom is 0.123 e. The van der Waals surface area contributed by atoms with Crippen LogP contribution >= 0.6 is 0 Å². The third-order valence-electron chi connectivity index (χ3n) is 2.40. The Balaban J connectivity index is 2.61. The Hall–Kier alpha value is -1.33. The van der Waals surface area contributed by atoms with Gasteiger partial charge in [-0.3, -0.25) is 5.32 Å². The molecular formula is C16H22FN. The molecule has 0 fully saturated rings. The van der Waals surface area contributed by atoms with Crippen molar-refractivity contribution < 1.29 is 4.39 Å². The van der Waals surface area contributed by atoms with Crippen molar-refractivity contribution >= 4 is 0 Å². The largest absolute Gasteiger partial charge is 0.298 e. The van der Waals surface area contributed by atoms with Gasteiger partial charge < -0.3 is 0 Å². The minimum atomic E-state index is -0.248. The van der Waals surface area contributed by atoms with Crippen molar-refractivity contribution in [1.82, 2.24) is 5.32 Å². The average Bonchev–Trinajstić information content (AvgIpc) is 2.25. The smallest absolute Gasteiger partial charge is 0.123 e. The van der Waals surface area contributed by atoms with Gasteiger partial charge >= 0.3 is 0 Å². The van der Waals surface area contributed by atoms with Gasteiger partial charge in [0.05, 0.1) is 5.54 Å². The SMILES string of the molecule is CC(C)(C)C#CC(C)(C)NCc1ccc(F)cc1. The van der Waals surface area contributed by atoms with Gasteiger partial charge in [0.15, 0.2) is 0 Å². The van der Waals surface area contributed by atoms with Crippen LogP contribution in [0.15, 0.2) is 24.3 Å². The summed E-state index contributed by atoms with van der Waals surface area (Å²) in [5.41, 5.74) is 0.818. The molecule has 0 bridgehead atoms. The minimum absolute atomic E-state index is 0.00876. The number of nitrogens with one attached hydrogen (secondary N) is 1. The zero-order chi connectivity index (χ0) is 13.8. The first-order valence-electron chi connectivity index (χ1n) is 6.22. The van der Waals surface area contributed by atoms with Gasteiger partial charge in [-0.2, -0.15) is 0 Å². The summed E-state index contributed by atoms with van der Waals surface area (Å²) in [5.74, 6) is 6.28. The fraction of sp³-hybridized carbons (Fsp3) is 0.500. The van der Waals surface area contributed by atoms with E-state index in [-0.39, 0.29) is 16.8 Å². The summed E-state index contributed by atoms with van der Waals surface area (Å²) in [4.78, 5) is 0. The summed E-state index contributed by atoms with van der Waals surface area (Å²) in [6.07, 6.45) is 0. The predicted octanol–water partition coefficient (Wildman–Crippen LogP) is 3.74. The highest BCUT2D eigenvalue weighted by Crippen LogP contribution is 2.12. The molecule has 0 unspecified atom stereocenters. The lowest BCUT2D eigenvalue weighted by atomic mass is 9.95. The standard InChI is InChI=1S/C16H22FN/c1-15(2,3)10-11-16(4,5)18-12-13-6-8-14(17)9-7-13/h6-9,18H,12H2,1-5H3. The van der Waals surface area contributed by atoms with E-state index < -0.39 is 0 Å². The fourth-order valence-corrected chi connectivity index (χ4v) is 1.31. The van der Waals surface area contributed by atoms with Crippen molar-refractivity contribution in [3.63, 3.8) is 0 Å². The van der Waals surface area contributed by atoms with Gasteiger partial charge in [-0.25, -0.2) is 4.39 Å². The van der Waals surface area contributed by atoms with Crippen molar-refractivity contribution in [3.05, 3.63) is 35.6 Å². The predicted molar refractivity (Wildman–Crippen MR) is 74.5 cm³/mol. The third-order valence-corrected chi connectivity index (χ3v) is 2.40. The van der Waals surface area contributed by atoms with E-state index in [4.69, 9.17) is 0 Å². The summed E-state index contributed by atoms with van der Waals surface area (Å²) in [6.45, 7) is 11.1. The normalized spacial score (nSPS) is 11.9. The van der Waals surface area contributed by atoms with Crippen molar-refractivity contribution in [2.24, 2.45) is 5.41 Å². The van der Waals surface area contributed by atoms with Crippen molar-refractivity contribution in [2.75, 3.05) is 0 Å². The first kappa shape index (κ1) is 14.7. The van der Waals surface area contributed by atoms with E-state index in [1.807, 2.05) is 0 Å². The molecule has 1 N–H and O–H groups in total. The van der Waals surface area contributed by atoms with E-state index in [9.17, 15) is 4.39 Å². The van der Waals surface area contributed by atoms with Crippen LogP contribution in [0.4, 0.5) is 4.39 Å². The number of hydrogen-bond acceptors (Lipinski definition) is 1. The molecule has 2 heteroatoms. The second kappa shape index (κ2) is 5.54. The zero-order valence-corrected chi connectivity index (χ0v) is 11.9. The molecule has 0 heterocycles. The van der Waals surface area contributed by atoms with E-state index in [0.29, 0.717) is 6.54 Å². The molecule has 1 nitrogen and oxygen atoms in total. The Labute approximate surface area is 110 Å². The lowest BCUT2D eigenvalue weighted by molar-refractivity contribution is 0.485. The number of rotatable bonds is 3. The molecule has 0 saturated heterocycles. The second-order valence-corrected chi connectivity index (χ2v) is 6.11. The Bertz CT molecular complexity index is 441. The van der Waals surface area contributed by atoms with Crippen LogP contribution in [0.2, 0.25) is 0 Å². The zero-order valence-electron chi connectivity index (χ0n) is 11.9. The van der Waals surface area contributed by atoms with E-state index in [1.165, 1.54) is 12.1 Å². The molecule has 18 heavy (non-hydrogen) atoms. The van der Waals surface area contributed by atoms with E-state index in [1.54, 1.807) is 12.1 Å². The van der Waals surface area contributed by atoms with Gasteiger partial charge in [0.2, 0.25) is 0 Å². The maximum atomic E-state index is 12.8. The van der Waals surface area contributed by atoms with E-state index in [0.717, 1.165) is 5.56 Å². The number of halogens is 1. The molecule has 0 aliphatic carbocycles. The van der Waals surface area contributed by atoms with Gasteiger partial charge in [-0.15, -0.1) is 0 Å². The summed E-state index contributed by atoms with van der Waals surface area (Å²) < 4.78 is 12.8. The van der Waals surface area contributed by atoms with Crippen LogP contribution in [0.5, 0.6) is 0 Å². The first-order chi connectivity index (χ1) is 8.18. The molecule has 0 spiro atoms. The molecular weight excluding hydrogens is 225 g/mol. The molecule has 0 radical (unpaired) electrons. The highest BCUT2D eigenvalue weighted by atomic mass is 19.1. The summed E-state index contributed by atoms with van der Waals surface area (Å²) >= 11 is 0. The molecule has 1 aromatic carbocycles. The highest BCUT2D eigenvalue weighted by molar-refractivity contribution is 5.20. The van der Waals surface area contributed by atoms with Crippen LogP contribution in [-0.4, -0.2) is 5.54 Å². The molecule has 0 atom stereocenters. The summed E-state index contributed by atoms with van der Waals surface area (Å²) in [7, 11) is 0. The lowest BCUT2D eigenvalue weighted by Crippen LogP contribution is -2.37. The number of hydrogen-bond donors (Lipinski definition) is 1. The number of benzene rings is 1. The van der Waals surface area contributed by atoms with Gasteiger partial charge in [-0.05, 0) is 52.3 Å². The van der Waals surface area contributed by atoms with Crippen LogP contribution < -0.4 is 5.32 Å². The minimum Gasteiger partial charge on any atom is -0.298 e. The van der Waals surface area contributed by atoms with Crippen LogP contribution in [0.1, 0.15) is 40.2 Å². The molecule has 1 aromatic rings. The Morgan fingerprint density at radius 2 is 1.56 bits per heavy atom. The van der Waals surface area contributed by atoms with Gasteiger partial charge in [0, 0.05) is 12.0 Å². The molecule has 0 aliphatic heterocycles. The molecule has 0 aliphatic rings. The summed E-state index contributed by atoms with van der Waals surface area (Å²) in [5, 5.41) is 3.37. The molecule has 0 saturated carbocycles. The van der Waals surface area contributed by atoms with Crippen LogP contribution in [-0.2, 0) is 6.54 Å². The quantitative estimate of drug-likeness (QED) is 0.802. The fourth-order valence-electron chi connectivity index (χ4n) is 1.31. The van der Waals surface area contributed by atoms with Crippen LogP contribution in [0.25, 0.3) is 0 Å². The lowest BCUT2D eigenvalue weighted by Gasteiger charge is -2.21. The average molecular weight is 247 g/mol. The Morgan fingerprint density at radius 1 is 1.00 bits per heavy atom. The third kappa shape index (κ3) is 5.84. The highest BCUT2D eigenvalue weighted by Gasteiger charge is 2.14. The van der Waals surface area contributed by atoms with Crippen LogP contribution in [0.3, 0.4) is 0 Å². The second-order valence-electron chi connectivity index (χ2n) is 6.11. The van der Waals surface area contributed by atoms with Gasteiger partial charge in [0.1, 0.15) is 5.82 Å². The van der Waals surface area contributed by atoms with Gasteiger partial charge in [0.25, 0.3) is 0 Å². The molecule has 0 aromatic heterocycles. The van der Waals surface area contributed by atoms with E-state index in [2.05, 4.69) is 51.8 Å². The first-order valence-corrected chi connectivity index (χ1v) is 6.22. The monoisotopic (exact) mass is 247 g/mol. The molecule has 1 rings (SSSR count). The molecule has 0 amide bonds. The van der Waals surface area contributed by atoms with E-state index >= 15 is 0 Å². The Morgan fingerprint density at radius 3 is 2.06 bits per heavy atom.